The van der Waals surface area contributed by atoms with Crippen LogP contribution in [0.5, 0.6) is 5.75 Å². The van der Waals surface area contributed by atoms with E-state index in [1.54, 1.807) is 12.1 Å². The van der Waals surface area contributed by atoms with E-state index in [4.69, 9.17) is 20.9 Å². The molecule has 28 heavy (non-hydrogen) atoms. The zero-order valence-electron chi connectivity index (χ0n) is 15.5. The van der Waals surface area contributed by atoms with Gasteiger partial charge in [-0.15, -0.1) is 0 Å². The molecule has 1 unspecified atom stereocenters. The van der Waals surface area contributed by atoms with Gasteiger partial charge in [-0.2, -0.15) is 4.98 Å². The summed E-state index contributed by atoms with van der Waals surface area (Å²) in [6, 6.07) is 15.0. The van der Waals surface area contributed by atoms with Crippen molar-refractivity contribution in [3.63, 3.8) is 0 Å². The van der Waals surface area contributed by atoms with Crippen molar-refractivity contribution in [3.05, 3.63) is 64.9 Å². The van der Waals surface area contributed by atoms with E-state index >= 15 is 0 Å². The Bertz CT molecular complexity index is 988. The molecule has 3 aromatic rings. The Morgan fingerprint density at radius 3 is 2.93 bits per heavy atom. The first-order chi connectivity index (χ1) is 13.6. The molecule has 0 N–H and O–H groups in total. The van der Waals surface area contributed by atoms with Gasteiger partial charge in [0.25, 0.3) is 5.89 Å². The second-order valence-electron chi connectivity index (χ2n) is 6.68. The normalized spacial score (nSPS) is 16.6. The molecule has 0 aliphatic carbocycles. The Hall–Kier alpha value is -2.86. The van der Waals surface area contributed by atoms with Crippen LogP contribution >= 0.6 is 11.6 Å². The predicted molar refractivity (Wildman–Crippen MR) is 105 cm³/mol. The van der Waals surface area contributed by atoms with E-state index in [1.807, 2.05) is 48.2 Å². The number of aromatic nitrogens is 2. The number of amides is 1. The average Bonchev–Trinajstić information content (AvgIpc) is 3.31. The van der Waals surface area contributed by atoms with Crippen LogP contribution in [-0.4, -0.2) is 34.1 Å². The summed E-state index contributed by atoms with van der Waals surface area (Å²) in [5.41, 5.74) is 1.75. The molecule has 1 atom stereocenters. The molecular formula is C21H20ClN3O3. The molecule has 6 nitrogen and oxygen atoms in total. The molecule has 7 heteroatoms. The molecule has 1 aliphatic heterocycles. The highest BCUT2D eigenvalue weighted by molar-refractivity contribution is 6.30. The van der Waals surface area contributed by atoms with Crippen LogP contribution in [0.4, 0.5) is 0 Å². The number of carbonyl (C=O) groups excluding carboxylic acids is 1. The minimum atomic E-state index is -0.0940. The lowest BCUT2D eigenvalue weighted by Gasteiger charge is -2.18. The van der Waals surface area contributed by atoms with Crippen molar-refractivity contribution in [1.82, 2.24) is 15.0 Å². The fourth-order valence-electron chi connectivity index (χ4n) is 3.37. The van der Waals surface area contributed by atoms with Crippen molar-refractivity contribution < 1.29 is 14.1 Å². The maximum atomic E-state index is 12.5. The van der Waals surface area contributed by atoms with Crippen LogP contribution in [0, 0.1) is 0 Å². The van der Waals surface area contributed by atoms with Crippen molar-refractivity contribution >= 4 is 17.5 Å². The Labute approximate surface area is 168 Å². The predicted octanol–water partition coefficient (Wildman–Crippen LogP) is 4.30. The molecule has 0 radical (unpaired) electrons. The number of hydrogen-bond donors (Lipinski definition) is 0. The van der Waals surface area contributed by atoms with Gasteiger partial charge in [0.05, 0.1) is 6.61 Å². The highest BCUT2D eigenvalue weighted by Gasteiger charge is 2.34. The third-order valence-electron chi connectivity index (χ3n) is 4.73. The highest BCUT2D eigenvalue weighted by atomic mass is 35.5. The molecule has 1 fully saturated rings. The molecule has 4 rings (SSSR count). The molecule has 1 aliphatic rings. The van der Waals surface area contributed by atoms with E-state index in [2.05, 4.69) is 10.1 Å². The van der Waals surface area contributed by atoms with Crippen molar-refractivity contribution in [2.24, 2.45) is 0 Å². The number of hydrogen-bond acceptors (Lipinski definition) is 5. The minimum absolute atomic E-state index is 0.0745. The highest BCUT2D eigenvalue weighted by Crippen LogP contribution is 2.31. The molecule has 0 bridgehead atoms. The smallest absolute Gasteiger partial charge is 0.257 e. The second-order valence-corrected chi connectivity index (χ2v) is 7.12. The summed E-state index contributed by atoms with van der Waals surface area (Å²) in [7, 11) is 0. The molecule has 0 saturated carbocycles. The van der Waals surface area contributed by atoms with Crippen LogP contribution in [0.3, 0.4) is 0 Å². The second kappa shape index (κ2) is 8.02. The number of rotatable bonds is 6. The first-order valence-corrected chi connectivity index (χ1v) is 9.60. The Balaban J connectivity index is 1.48. The quantitative estimate of drug-likeness (QED) is 0.620. The summed E-state index contributed by atoms with van der Waals surface area (Å²) >= 11 is 6.03. The number of nitrogens with zero attached hydrogens (tertiary/aromatic N) is 3. The van der Waals surface area contributed by atoms with Crippen molar-refractivity contribution in [3.8, 4) is 17.2 Å². The van der Waals surface area contributed by atoms with Crippen LogP contribution < -0.4 is 4.74 Å². The van der Waals surface area contributed by atoms with Crippen molar-refractivity contribution in [2.75, 3.05) is 13.2 Å². The first kappa shape index (κ1) is 18.5. The summed E-state index contributed by atoms with van der Waals surface area (Å²) < 4.78 is 11.1. The van der Waals surface area contributed by atoms with Crippen molar-refractivity contribution in [1.29, 1.82) is 0 Å². The van der Waals surface area contributed by atoms with Gasteiger partial charge >= 0.3 is 0 Å². The molecule has 1 aromatic heterocycles. The average molecular weight is 398 g/mol. The lowest BCUT2D eigenvalue weighted by Crippen LogP contribution is -2.24. The van der Waals surface area contributed by atoms with E-state index in [-0.39, 0.29) is 11.8 Å². The van der Waals surface area contributed by atoms with Crippen LogP contribution in [0.2, 0.25) is 5.02 Å². The van der Waals surface area contributed by atoms with Crippen LogP contribution in [0.15, 0.2) is 53.1 Å². The fraction of sp³-hybridized carbons (Fsp3) is 0.286. The maximum absolute atomic E-state index is 12.5. The number of halogens is 1. The van der Waals surface area contributed by atoms with E-state index in [0.29, 0.717) is 42.9 Å². The molecule has 0 spiro atoms. The first-order valence-electron chi connectivity index (χ1n) is 9.22. The van der Waals surface area contributed by atoms with Gasteiger partial charge < -0.3 is 14.2 Å². The number of likely N-dealkylation sites (tertiary alicyclic amines) is 1. The van der Waals surface area contributed by atoms with Gasteiger partial charge in [-0.05, 0) is 31.2 Å². The molecule has 144 valence electrons. The van der Waals surface area contributed by atoms with Crippen LogP contribution in [0.25, 0.3) is 11.5 Å². The summed E-state index contributed by atoms with van der Waals surface area (Å²) in [5.74, 6) is 1.74. The van der Waals surface area contributed by atoms with Gasteiger partial charge in [0.1, 0.15) is 5.75 Å². The van der Waals surface area contributed by atoms with Gasteiger partial charge in [-0.3, -0.25) is 4.79 Å². The summed E-state index contributed by atoms with van der Waals surface area (Å²) in [4.78, 5) is 18.8. The van der Waals surface area contributed by atoms with Gasteiger partial charge in [0, 0.05) is 41.6 Å². The molecule has 2 aromatic carbocycles. The van der Waals surface area contributed by atoms with Gasteiger partial charge in [0.15, 0.2) is 5.82 Å². The Morgan fingerprint density at radius 1 is 1.25 bits per heavy atom. The standard InChI is InChI=1S/C21H20ClN3O3/c1-2-27-18-9-4-3-6-15(18)12-25-13-16(11-19(25)26)20-23-21(28-24-20)14-7-5-8-17(22)10-14/h3-10,16H,2,11-13H2,1H3. The van der Waals surface area contributed by atoms with E-state index < -0.39 is 0 Å². The monoisotopic (exact) mass is 397 g/mol. The third-order valence-corrected chi connectivity index (χ3v) is 4.96. The lowest BCUT2D eigenvalue weighted by atomic mass is 10.1. The Kier molecular flexibility index (Phi) is 5.30. The summed E-state index contributed by atoms with van der Waals surface area (Å²) in [5, 5.41) is 4.70. The van der Waals surface area contributed by atoms with E-state index in [9.17, 15) is 4.79 Å². The zero-order chi connectivity index (χ0) is 19.5. The van der Waals surface area contributed by atoms with E-state index in [0.717, 1.165) is 16.9 Å². The molecule has 2 heterocycles. The number of para-hydroxylation sites is 1. The SMILES string of the molecule is CCOc1ccccc1CN1CC(c2noc(-c3cccc(Cl)c3)n2)CC1=O. The minimum Gasteiger partial charge on any atom is -0.494 e. The molecule has 1 amide bonds. The Morgan fingerprint density at radius 2 is 2.11 bits per heavy atom. The van der Waals surface area contributed by atoms with Gasteiger partial charge in [-0.25, -0.2) is 0 Å². The number of carbonyl (C=O) groups is 1. The van der Waals surface area contributed by atoms with Crippen molar-refractivity contribution in [2.45, 2.75) is 25.8 Å². The molecule has 1 saturated heterocycles. The lowest BCUT2D eigenvalue weighted by molar-refractivity contribution is -0.128. The summed E-state index contributed by atoms with van der Waals surface area (Å²) in [6.45, 7) is 3.59. The topological polar surface area (TPSA) is 68.5 Å². The van der Waals surface area contributed by atoms with Crippen LogP contribution in [0.1, 0.15) is 30.7 Å². The largest absolute Gasteiger partial charge is 0.494 e. The van der Waals surface area contributed by atoms with Crippen LogP contribution in [-0.2, 0) is 11.3 Å². The zero-order valence-corrected chi connectivity index (χ0v) is 16.2. The maximum Gasteiger partial charge on any atom is 0.257 e. The van der Waals surface area contributed by atoms with Gasteiger partial charge in [-0.1, -0.05) is 41.0 Å². The fourth-order valence-corrected chi connectivity index (χ4v) is 3.56. The van der Waals surface area contributed by atoms with Gasteiger partial charge in [0.2, 0.25) is 5.91 Å². The molecular weight excluding hydrogens is 378 g/mol. The number of benzene rings is 2. The third kappa shape index (κ3) is 3.87. The summed E-state index contributed by atoms with van der Waals surface area (Å²) in [6.07, 6.45) is 0.366. The van der Waals surface area contributed by atoms with E-state index in [1.165, 1.54) is 0 Å². The number of ether oxygens (including phenoxy) is 1.